The Kier molecular flexibility index (Phi) is 11.0. The number of benzene rings is 2. The number of para-hydroxylation sites is 1. The molecule has 3 amide bonds. The number of aliphatic carboxylic acids is 2. The molecule has 0 spiro atoms. The summed E-state index contributed by atoms with van der Waals surface area (Å²) in [4.78, 5) is 72.9. The summed E-state index contributed by atoms with van der Waals surface area (Å²) in [5.74, 6) is -4.78. The van der Waals surface area contributed by atoms with Crippen LogP contribution in [0.5, 0.6) is 0 Å². The molecule has 9 N–H and O–H groups in total. The van der Waals surface area contributed by atoms with Gasteiger partial charge in [0.25, 0.3) is 0 Å². The van der Waals surface area contributed by atoms with Crippen LogP contribution in [0.1, 0.15) is 29.7 Å². The van der Waals surface area contributed by atoms with E-state index < -0.39 is 60.2 Å². The maximum Gasteiger partial charge on any atom is 0.326 e. The quantitative estimate of drug-likeness (QED) is 0.0880. The van der Waals surface area contributed by atoms with Gasteiger partial charge in [-0.3, -0.25) is 19.2 Å². The number of carboxylic acid groups (broad SMARTS) is 2. The van der Waals surface area contributed by atoms with Gasteiger partial charge in [-0.05, 0) is 30.0 Å². The molecule has 0 bridgehead atoms. The summed E-state index contributed by atoms with van der Waals surface area (Å²) in [5, 5.41) is 27.1. The summed E-state index contributed by atoms with van der Waals surface area (Å²) in [5.41, 5.74) is 9.22. The van der Waals surface area contributed by atoms with Crippen molar-refractivity contribution in [1.29, 1.82) is 0 Å². The van der Waals surface area contributed by atoms with Gasteiger partial charge in [-0.1, -0.05) is 48.5 Å². The van der Waals surface area contributed by atoms with Crippen molar-refractivity contribution < 1.29 is 34.2 Å². The highest BCUT2D eigenvalue weighted by atomic mass is 16.4. The van der Waals surface area contributed by atoms with E-state index in [0.717, 1.165) is 22.0 Å². The summed E-state index contributed by atoms with van der Waals surface area (Å²) in [7, 11) is 0. The number of nitrogens with two attached hydrogens (primary N) is 1. The summed E-state index contributed by atoms with van der Waals surface area (Å²) in [6.45, 7) is 0. The second-order valence-electron chi connectivity index (χ2n) is 10.6. The molecule has 0 aliphatic carbocycles. The standard InChI is InChI=1S/C31H35N7O7/c32-22(13-19-15-34-23-9-5-4-8-21(19)23)28(41)37-25(12-18-6-2-1-3-7-18)29(42)38-26(14-20-16-33-17-35-20)30(43)36-24(31(44)45)10-11-27(39)40/h1-9,15-17,22,24-26,34H,10-14,32H2,(H,33,35)(H,36,43)(H,37,41)(H,38,42)(H,39,40)(H,44,45). The number of carbonyl (C=O) groups excluding carboxylic acids is 3. The zero-order valence-corrected chi connectivity index (χ0v) is 24.2. The Hall–Kier alpha value is -5.50. The van der Waals surface area contributed by atoms with Gasteiger partial charge < -0.3 is 41.9 Å². The SMILES string of the molecule is NC(Cc1c[nH]c2ccccc12)C(=O)NC(Cc1ccccc1)C(=O)NC(Cc1cnc[nH]1)C(=O)NC(CCC(=O)O)C(=O)O. The molecule has 0 fully saturated rings. The van der Waals surface area contributed by atoms with E-state index in [1.165, 1.54) is 12.5 Å². The molecule has 2 heterocycles. The lowest BCUT2D eigenvalue weighted by atomic mass is 10.0. The van der Waals surface area contributed by atoms with Gasteiger partial charge in [0.2, 0.25) is 17.7 Å². The van der Waals surface area contributed by atoms with Crippen molar-refractivity contribution in [2.24, 2.45) is 5.73 Å². The number of carbonyl (C=O) groups is 5. The number of hydrogen-bond acceptors (Lipinski definition) is 7. The van der Waals surface area contributed by atoms with Gasteiger partial charge in [-0.2, -0.15) is 0 Å². The Bertz CT molecular complexity index is 1620. The van der Waals surface area contributed by atoms with E-state index in [1.807, 2.05) is 30.3 Å². The van der Waals surface area contributed by atoms with E-state index in [9.17, 15) is 29.1 Å². The van der Waals surface area contributed by atoms with Gasteiger partial charge in [-0.15, -0.1) is 0 Å². The van der Waals surface area contributed by atoms with Crippen LogP contribution in [-0.2, 0) is 43.2 Å². The van der Waals surface area contributed by atoms with Crippen LogP contribution in [0.3, 0.4) is 0 Å². The number of amides is 3. The van der Waals surface area contributed by atoms with Gasteiger partial charge in [0.1, 0.15) is 18.1 Å². The Morgan fingerprint density at radius 2 is 1.42 bits per heavy atom. The van der Waals surface area contributed by atoms with Crippen molar-refractivity contribution in [2.75, 3.05) is 0 Å². The molecule has 14 nitrogen and oxygen atoms in total. The van der Waals surface area contributed by atoms with Gasteiger partial charge in [0.15, 0.2) is 0 Å². The summed E-state index contributed by atoms with van der Waals surface area (Å²) in [6.07, 6.45) is 3.95. The van der Waals surface area contributed by atoms with Crippen LogP contribution < -0.4 is 21.7 Å². The van der Waals surface area contributed by atoms with Gasteiger partial charge in [0, 0.05) is 48.3 Å². The number of H-pyrrole nitrogens is 2. The zero-order valence-electron chi connectivity index (χ0n) is 24.2. The maximum absolute atomic E-state index is 13.7. The number of hydrogen-bond donors (Lipinski definition) is 8. The lowest BCUT2D eigenvalue weighted by Crippen LogP contribution is -2.58. The fourth-order valence-electron chi connectivity index (χ4n) is 4.86. The van der Waals surface area contributed by atoms with Crippen LogP contribution in [0.2, 0.25) is 0 Å². The lowest BCUT2D eigenvalue weighted by Gasteiger charge is -2.25. The van der Waals surface area contributed by atoms with Crippen LogP contribution in [0.15, 0.2) is 73.3 Å². The number of nitrogens with one attached hydrogen (secondary N) is 5. The third-order valence-electron chi connectivity index (χ3n) is 7.24. The van der Waals surface area contributed by atoms with Crippen molar-refractivity contribution >= 4 is 40.6 Å². The first-order valence-electron chi connectivity index (χ1n) is 14.3. The average molecular weight is 618 g/mol. The van der Waals surface area contributed by atoms with Crippen molar-refractivity contribution in [3.8, 4) is 0 Å². The molecule has 0 saturated carbocycles. The summed E-state index contributed by atoms with van der Waals surface area (Å²) in [6, 6.07) is 11.6. The van der Waals surface area contributed by atoms with Crippen molar-refractivity contribution in [3.63, 3.8) is 0 Å². The first-order valence-corrected chi connectivity index (χ1v) is 14.3. The van der Waals surface area contributed by atoms with Crippen molar-refractivity contribution in [1.82, 2.24) is 30.9 Å². The van der Waals surface area contributed by atoms with Crippen LogP contribution in [0, 0.1) is 0 Å². The third-order valence-corrected chi connectivity index (χ3v) is 7.24. The van der Waals surface area contributed by atoms with E-state index in [0.29, 0.717) is 5.69 Å². The third kappa shape index (κ3) is 9.24. The molecule has 0 aliphatic heterocycles. The normalized spacial score (nSPS) is 13.7. The largest absolute Gasteiger partial charge is 0.481 e. The van der Waals surface area contributed by atoms with Gasteiger partial charge in [0.05, 0.1) is 12.4 Å². The number of carboxylic acids is 2. The van der Waals surface area contributed by atoms with E-state index in [-0.39, 0.29) is 25.7 Å². The molecule has 0 saturated heterocycles. The fourth-order valence-corrected chi connectivity index (χ4v) is 4.86. The van der Waals surface area contributed by atoms with E-state index in [2.05, 4.69) is 30.9 Å². The number of aromatic nitrogens is 3. The second-order valence-corrected chi connectivity index (χ2v) is 10.6. The number of aromatic amines is 2. The summed E-state index contributed by atoms with van der Waals surface area (Å²) >= 11 is 0. The van der Waals surface area contributed by atoms with E-state index in [4.69, 9.17) is 10.8 Å². The number of fused-ring (bicyclic) bond motifs is 1. The Morgan fingerprint density at radius 1 is 0.778 bits per heavy atom. The minimum absolute atomic E-state index is 0.0764. The molecule has 4 aromatic rings. The topological polar surface area (TPSA) is 232 Å². The van der Waals surface area contributed by atoms with Crippen LogP contribution in [0.25, 0.3) is 10.9 Å². The fraction of sp³-hybridized carbons (Fsp3) is 0.290. The number of nitrogens with zero attached hydrogens (tertiary/aromatic N) is 1. The number of imidazole rings is 1. The molecule has 14 heteroatoms. The van der Waals surface area contributed by atoms with Crippen LogP contribution in [0.4, 0.5) is 0 Å². The smallest absolute Gasteiger partial charge is 0.326 e. The van der Waals surface area contributed by atoms with Gasteiger partial charge in [-0.25, -0.2) is 9.78 Å². The summed E-state index contributed by atoms with van der Waals surface area (Å²) < 4.78 is 0. The Morgan fingerprint density at radius 3 is 2.09 bits per heavy atom. The first kappa shape index (κ1) is 32.4. The highest BCUT2D eigenvalue weighted by Crippen LogP contribution is 2.19. The minimum atomic E-state index is -1.50. The predicted octanol–water partition coefficient (Wildman–Crippen LogP) is 0.650. The van der Waals surface area contributed by atoms with E-state index in [1.54, 1.807) is 30.5 Å². The van der Waals surface area contributed by atoms with Crippen molar-refractivity contribution in [3.05, 3.63) is 90.1 Å². The Balaban J connectivity index is 1.51. The molecule has 45 heavy (non-hydrogen) atoms. The Labute approximate surface area is 257 Å². The molecular weight excluding hydrogens is 582 g/mol. The van der Waals surface area contributed by atoms with Crippen molar-refractivity contribution in [2.45, 2.75) is 56.3 Å². The molecule has 4 atom stereocenters. The molecule has 2 aromatic heterocycles. The molecule has 236 valence electrons. The monoisotopic (exact) mass is 617 g/mol. The van der Waals surface area contributed by atoms with E-state index >= 15 is 0 Å². The predicted molar refractivity (Wildman–Crippen MR) is 163 cm³/mol. The minimum Gasteiger partial charge on any atom is -0.481 e. The highest BCUT2D eigenvalue weighted by Gasteiger charge is 2.31. The van der Waals surface area contributed by atoms with Crippen LogP contribution in [-0.4, -0.2) is 79.0 Å². The first-order chi connectivity index (χ1) is 21.6. The van der Waals surface area contributed by atoms with Gasteiger partial charge >= 0.3 is 11.9 Å². The molecule has 0 aliphatic rings. The number of rotatable bonds is 16. The molecular formula is C31H35N7O7. The molecule has 2 aromatic carbocycles. The zero-order chi connectivity index (χ0) is 32.3. The van der Waals surface area contributed by atoms with Crippen LogP contribution >= 0.6 is 0 Å². The second kappa shape index (κ2) is 15.3. The molecule has 0 radical (unpaired) electrons. The highest BCUT2D eigenvalue weighted by molar-refractivity contribution is 5.94. The molecule has 4 rings (SSSR count). The lowest BCUT2D eigenvalue weighted by molar-refractivity contribution is -0.143. The maximum atomic E-state index is 13.7. The average Bonchev–Trinajstić information content (AvgIpc) is 3.68. The molecule has 4 unspecified atom stereocenters.